The lowest BCUT2D eigenvalue weighted by molar-refractivity contribution is -0.137. The van der Waals surface area contributed by atoms with E-state index in [1.807, 2.05) is 6.07 Å². The van der Waals surface area contributed by atoms with Gasteiger partial charge in [0, 0.05) is 11.3 Å². The van der Waals surface area contributed by atoms with Gasteiger partial charge in [-0.1, -0.05) is 31.2 Å². The van der Waals surface area contributed by atoms with Crippen molar-refractivity contribution in [3.63, 3.8) is 0 Å². The summed E-state index contributed by atoms with van der Waals surface area (Å²) >= 11 is 0. The van der Waals surface area contributed by atoms with E-state index in [4.69, 9.17) is 0 Å². The number of hydrogen-bond donors (Lipinski definition) is 1. The van der Waals surface area contributed by atoms with Gasteiger partial charge in [-0.3, -0.25) is 9.69 Å². The smallest absolute Gasteiger partial charge is 0.416 e. The van der Waals surface area contributed by atoms with Gasteiger partial charge in [0.25, 0.3) is 5.91 Å². The van der Waals surface area contributed by atoms with Crippen LogP contribution in [0.2, 0.25) is 0 Å². The number of nitrogens with zero attached hydrogens (tertiary/aromatic N) is 2. The summed E-state index contributed by atoms with van der Waals surface area (Å²) in [5.74, 6) is 0.903. The second-order valence-electron chi connectivity index (χ2n) is 8.66. The molecule has 5 rings (SSSR count). The number of rotatable bonds is 4. The van der Waals surface area contributed by atoms with Crippen molar-refractivity contribution < 1.29 is 23.1 Å². The number of benzene rings is 3. The summed E-state index contributed by atoms with van der Waals surface area (Å²) < 4.78 is 39.4. The lowest BCUT2D eigenvalue weighted by atomic mass is 10.1. The number of carbonyl (C=O) groups is 1. The minimum absolute atomic E-state index is 0.0546. The fourth-order valence-corrected chi connectivity index (χ4v) is 4.29. The number of fused-ring (bicyclic) bond motifs is 1. The van der Waals surface area contributed by atoms with E-state index in [0.717, 1.165) is 30.5 Å². The number of anilines is 2. The largest absolute Gasteiger partial charge is 0.508 e. The molecule has 1 aliphatic heterocycles. The lowest BCUT2D eigenvalue weighted by Crippen LogP contribution is -2.25. The highest BCUT2D eigenvalue weighted by molar-refractivity contribution is 6.56. The van der Waals surface area contributed by atoms with Crippen molar-refractivity contribution in [1.82, 2.24) is 0 Å². The molecule has 1 N–H and O–H groups in total. The minimum atomic E-state index is -4.50. The molecule has 1 amide bonds. The third kappa shape index (κ3) is 3.99. The second kappa shape index (κ2) is 7.76. The zero-order valence-electron chi connectivity index (χ0n) is 17.8. The van der Waals surface area contributed by atoms with Gasteiger partial charge in [0.1, 0.15) is 11.5 Å². The number of halogens is 3. The molecule has 1 fully saturated rings. The molecule has 7 heteroatoms. The quantitative estimate of drug-likeness (QED) is 0.500. The molecule has 3 aromatic rings. The van der Waals surface area contributed by atoms with Crippen LogP contribution in [0, 0.1) is 11.8 Å². The molecule has 3 aromatic carbocycles. The van der Waals surface area contributed by atoms with E-state index in [1.165, 1.54) is 17.0 Å². The zero-order valence-corrected chi connectivity index (χ0v) is 17.8. The van der Waals surface area contributed by atoms with E-state index in [-0.39, 0.29) is 17.1 Å². The highest BCUT2D eigenvalue weighted by Gasteiger charge is 2.37. The van der Waals surface area contributed by atoms with Gasteiger partial charge >= 0.3 is 6.18 Å². The maximum absolute atomic E-state index is 13.4. The molecule has 2 atom stereocenters. The van der Waals surface area contributed by atoms with Gasteiger partial charge < -0.3 is 5.11 Å². The van der Waals surface area contributed by atoms with Crippen molar-refractivity contribution in [2.75, 3.05) is 4.90 Å². The van der Waals surface area contributed by atoms with Crippen LogP contribution in [0.4, 0.5) is 30.2 Å². The van der Waals surface area contributed by atoms with E-state index in [0.29, 0.717) is 28.8 Å². The zero-order chi connectivity index (χ0) is 23.3. The van der Waals surface area contributed by atoms with Gasteiger partial charge in [0.15, 0.2) is 0 Å². The van der Waals surface area contributed by atoms with Crippen LogP contribution < -0.4 is 4.90 Å². The van der Waals surface area contributed by atoms with Crippen molar-refractivity contribution in [3.8, 4) is 5.75 Å². The molecule has 33 heavy (non-hydrogen) atoms. The van der Waals surface area contributed by atoms with Crippen LogP contribution in [-0.4, -0.2) is 16.7 Å². The molecule has 1 aliphatic carbocycles. The predicted molar refractivity (Wildman–Crippen MR) is 120 cm³/mol. The maximum atomic E-state index is 13.4. The molecule has 4 nitrogen and oxygen atoms in total. The highest BCUT2D eigenvalue weighted by Crippen LogP contribution is 2.43. The van der Waals surface area contributed by atoms with E-state index >= 15 is 0 Å². The topological polar surface area (TPSA) is 52.9 Å². The SMILES string of the molecule is CC1CC1Cc1cc(N2C(=O)C(=Nc3cccc(C(F)(F)F)c3)c3ccccc32)ccc1O. The Labute approximate surface area is 189 Å². The van der Waals surface area contributed by atoms with Gasteiger partial charge in [-0.05, 0) is 72.7 Å². The second-order valence-corrected chi connectivity index (χ2v) is 8.66. The number of phenolic OH excluding ortho intramolecular Hbond substituents is 1. The Balaban J connectivity index is 1.55. The van der Waals surface area contributed by atoms with Crippen LogP contribution in [0.5, 0.6) is 5.75 Å². The Morgan fingerprint density at radius 1 is 1.06 bits per heavy atom. The number of alkyl halides is 3. The van der Waals surface area contributed by atoms with E-state index in [2.05, 4.69) is 11.9 Å². The molecule has 1 saturated carbocycles. The number of carbonyl (C=O) groups excluding carboxylic acids is 1. The number of para-hydroxylation sites is 1. The van der Waals surface area contributed by atoms with Crippen LogP contribution in [0.1, 0.15) is 30.0 Å². The number of hydrogen-bond acceptors (Lipinski definition) is 3. The summed E-state index contributed by atoms with van der Waals surface area (Å²) in [7, 11) is 0. The Hall–Kier alpha value is -3.61. The Kier molecular flexibility index (Phi) is 5.00. The number of amides is 1. The van der Waals surface area contributed by atoms with Crippen molar-refractivity contribution >= 4 is 28.7 Å². The van der Waals surface area contributed by atoms with Gasteiger partial charge in [0.05, 0.1) is 16.9 Å². The molecule has 2 aliphatic rings. The third-order valence-corrected chi connectivity index (χ3v) is 6.30. The first kappa shape index (κ1) is 21.2. The fourth-order valence-electron chi connectivity index (χ4n) is 4.29. The Morgan fingerprint density at radius 2 is 1.82 bits per heavy atom. The van der Waals surface area contributed by atoms with Gasteiger partial charge in [0.2, 0.25) is 0 Å². The summed E-state index contributed by atoms with van der Waals surface area (Å²) in [4.78, 5) is 19.3. The molecule has 0 saturated heterocycles. The summed E-state index contributed by atoms with van der Waals surface area (Å²) in [6, 6.07) is 16.7. The monoisotopic (exact) mass is 450 g/mol. The third-order valence-electron chi connectivity index (χ3n) is 6.30. The average Bonchev–Trinajstić information content (AvgIpc) is 3.41. The normalized spacial score (nSPS) is 20.9. The van der Waals surface area contributed by atoms with Gasteiger partial charge in [-0.15, -0.1) is 0 Å². The predicted octanol–water partition coefficient (Wildman–Crippen LogP) is 6.41. The summed E-state index contributed by atoms with van der Waals surface area (Å²) in [5.41, 5.74) is 1.82. The minimum Gasteiger partial charge on any atom is -0.508 e. The molecular formula is C26H21F3N2O2. The number of aromatic hydroxyl groups is 1. The standard InChI is InChI=1S/C26H21F3N2O2/c1-15-11-16(15)12-17-13-20(9-10-23(17)32)31-22-8-3-2-7-21(22)24(25(31)33)30-19-6-4-5-18(14-19)26(27,28)29/h2-10,13-16,32H,11-12H2,1H3. The molecule has 0 spiro atoms. The van der Waals surface area contributed by atoms with Crippen LogP contribution >= 0.6 is 0 Å². The van der Waals surface area contributed by atoms with Gasteiger partial charge in [-0.25, -0.2) is 4.99 Å². The maximum Gasteiger partial charge on any atom is 0.416 e. The van der Waals surface area contributed by atoms with E-state index < -0.39 is 17.6 Å². The van der Waals surface area contributed by atoms with Crippen molar-refractivity contribution in [2.24, 2.45) is 16.8 Å². The van der Waals surface area contributed by atoms with E-state index in [1.54, 1.807) is 36.4 Å². The Morgan fingerprint density at radius 3 is 2.55 bits per heavy atom. The molecule has 2 unspecified atom stereocenters. The van der Waals surface area contributed by atoms with Crippen molar-refractivity contribution in [2.45, 2.75) is 25.9 Å². The Bertz CT molecular complexity index is 1280. The summed E-state index contributed by atoms with van der Waals surface area (Å²) in [6.07, 6.45) is -2.65. The number of aliphatic imine (C=N–C) groups is 1. The average molecular weight is 450 g/mol. The highest BCUT2D eigenvalue weighted by atomic mass is 19.4. The molecule has 0 bridgehead atoms. The van der Waals surface area contributed by atoms with E-state index in [9.17, 15) is 23.1 Å². The molecule has 168 valence electrons. The van der Waals surface area contributed by atoms with Crippen LogP contribution in [0.3, 0.4) is 0 Å². The first-order valence-electron chi connectivity index (χ1n) is 10.7. The first-order chi connectivity index (χ1) is 15.7. The molecular weight excluding hydrogens is 429 g/mol. The molecule has 1 heterocycles. The van der Waals surface area contributed by atoms with Crippen LogP contribution in [-0.2, 0) is 17.4 Å². The lowest BCUT2D eigenvalue weighted by Gasteiger charge is -2.18. The van der Waals surface area contributed by atoms with Crippen LogP contribution in [0.15, 0.2) is 71.7 Å². The molecule has 0 aromatic heterocycles. The van der Waals surface area contributed by atoms with Crippen molar-refractivity contribution in [3.05, 3.63) is 83.4 Å². The van der Waals surface area contributed by atoms with Crippen LogP contribution in [0.25, 0.3) is 0 Å². The van der Waals surface area contributed by atoms with Crippen molar-refractivity contribution in [1.29, 1.82) is 0 Å². The summed E-state index contributed by atoms with van der Waals surface area (Å²) in [5, 5.41) is 10.3. The number of phenols is 1. The summed E-state index contributed by atoms with van der Waals surface area (Å²) in [6.45, 7) is 2.17. The molecule has 0 radical (unpaired) electrons. The fraction of sp³-hybridized carbons (Fsp3) is 0.231. The van der Waals surface area contributed by atoms with Gasteiger partial charge in [-0.2, -0.15) is 13.2 Å². The first-order valence-corrected chi connectivity index (χ1v) is 10.7.